The van der Waals surface area contributed by atoms with E-state index in [1.165, 1.54) is 0 Å². The molecule has 8 nitrogen and oxygen atoms in total. The molecule has 1 fully saturated rings. The predicted molar refractivity (Wildman–Crippen MR) is 105 cm³/mol. The molecule has 2 aromatic rings. The molecular formula is C21H20F5N3O5. The average molecular weight is 492 g/mol. The third-order valence-electron chi connectivity index (χ3n) is 5.86. The van der Waals surface area contributed by atoms with E-state index in [1.807, 2.05) is 0 Å². The first kappa shape index (κ1) is 21.1. The van der Waals surface area contributed by atoms with Crippen molar-refractivity contribution in [2.45, 2.75) is 37.6 Å². The molecule has 1 aromatic heterocycles. The Morgan fingerprint density at radius 2 is 2.00 bits per heavy atom. The Labute approximate surface area is 193 Å². The monoisotopic (exact) mass is 492 g/mol. The van der Waals surface area contributed by atoms with E-state index >= 15 is 0 Å². The summed E-state index contributed by atoms with van der Waals surface area (Å²) in [6.07, 6.45) is -6.25. The molecule has 2 heterocycles. The maximum Gasteiger partial charge on any atom is 0.417 e. The van der Waals surface area contributed by atoms with E-state index in [0.29, 0.717) is 17.7 Å². The van der Waals surface area contributed by atoms with Crippen LogP contribution >= 0.6 is 0 Å². The Bertz CT molecular complexity index is 1310. The highest BCUT2D eigenvalue weighted by Gasteiger charge is 2.65. The zero-order valence-corrected chi connectivity index (χ0v) is 17.6. The molecule has 1 aliphatic rings. The molecule has 1 saturated heterocycles. The lowest BCUT2D eigenvalue weighted by Crippen LogP contribution is -2.47. The Hall–Kier alpha value is -3.48. The Kier molecular flexibility index (Phi) is 5.40. The summed E-state index contributed by atoms with van der Waals surface area (Å²) in [7, 11) is -3.32. The molecule has 2 amide bonds. The van der Waals surface area contributed by atoms with Crippen LogP contribution in [0.3, 0.4) is 0 Å². The zero-order chi connectivity index (χ0) is 28.1. The number of aromatic nitrogens is 1. The number of benzene rings is 1. The molecule has 184 valence electrons. The SMILES string of the molecule is [2H]C([2H])([2H])Oc1c([C@@H]2[C@@H](C(=O)N=c3ccn(O)c(C(N)=O)c3)O[C@@](C)(C(F)(F)F)[C@@H]2C)ccc(F)c1F. The van der Waals surface area contributed by atoms with Crippen molar-refractivity contribution in [1.82, 2.24) is 4.73 Å². The van der Waals surface area contributed by atoms with Gasteiger partial charge in [0.15, 0.2) is 17.2 Å². The fourth-order valence-electron chi connectivity index (χ4n) is 3.85. The van der Waals surface area contributed by atoms with Gasteiger partial charge in [0.2, 0.25) is 5.82 Å². The molecule has 34 heavy (non-hydrogen) atoms. The highest BCUT2D eigenvalue weighted by atomic mass is 19.4. The Balaban J connectivity index is 2.22. The van der Waals surface area contributed by atoms with Gasteiger partial charge in [-0.15, -0.1) is 0 Å². The number of alkyl halides is 3. The first-order chi connectivity index (χ1) is 16.9. The number of amides is 2. The van der Waals surface area contributed by atoms with Crippen LogP contribution in [0.1, 0.15) is 39.9 Å². The van der Waals surface area contributed by atoms with Gasteiger partial charge in [0.25, 0.3) is 11.8 Å². The van der Waals surface area contributed by atoms with Crippen molar-refractivity contribution in [2.24, 2.45) is 16.6 Å². The summed E-state index contributed by atoms with van der Waals surface area (Å²) in [4.78, 5) is 28.2. The molecule has 3 N–H and O–H groups in total. The van der Waals surface area contributed by atoms with Gasteiger partial charge in [-0.25, -0.2) is 9.38 Å². The largest absolute Gasteiger partial charge is 0.493 e. The number of carbonyl (C=O) groups excluding carboxylic acids is 2. The maximum absolute atomic E-state index is 14.6. The number of nitrogens with zero attached hydrogens (tertiary/aromatic N) is 2. The van der Waals surface area contributed by atoms with Gasteiger partial charge < -0.3 is 20.4 Å². The number of nitrogens with two attached hydrogens (primary N) is 1. The lowest BCUT2D eigenvalue weighted by atomic mass is 9.77. The number of hydrogen-bond donors (Lipinski definition) is 2. The van der Waals surface area contributed by atoms with Crippen LogP contribution < -0.4 is 15.8 Å². The molecule has 4 atom stereocenters. The number of carbonyl (C=O) groups is 2. The van der Waals surface area contributed by atoms with Gasteiger partial charge in [-0.3, -0.25) is 9.59 Å². The van der Waals surface area contributed by atoms with Crippen molar-refractivity contribution >= 4 is 11.8 Å². The first-order valence-electron chi connectivity index (χ1n) is 11.1. The molecule has 0 aliphatic carbocycles. The molecule has 1 aromatic carbocycles. The van der Waals surface area contributed by atoms with Crippen molar-refractivity contribution in [1.29, 1.82) is 0 Å². The summed E-state index contributed by atoms with van der Waals surface area (Å²) in [5.41, 5.74) is 1.03. The van der Waals surface area contributed by atoms with Gasteiger partial charge in [0, 0.05) is 23.6 Å². The summed E-state index contributed by atoms with van der Waals surface area (Å²) in [6, 6.07) is 3.25. The number of methoxy groups -OCH3 is 1. The lowest BCUT2D eigenvalue weighted by Gasteiger charge is -2.32. The van der Waals surface area contributed by atoms with Crippen molar-refractivity contribution < 1.29 is 50.3 Å². The molecule has 0 saturated carbocycles. The number of halogens is 5. The number of ether oxygens (including phenoxy) is 2. The fourth-order valence-corrected chi connectivity index (χ4v) is 3.85. The second kappa shape index (κ2) is 8.70. The standard InChI is InChI=1S/C21H20F5N3O5/c1-9-14(11-4-5-12(22)15(23)16(11)33-3)17(34-20(9,2)21(24,25)26)19(31)28-10-6-7-29(32)13(8-10)18(27)30/h4-9,14,17,32H,1-3H3,(H2,27,30)/t9-,14-,17+,20-/m1/s1/i3D3. The van der Waals surface area contributed by atoms with E-state index < -0.39 is 77.2 Å². The van der Waals surface area contributed by atoms with Crippen LogP contribution in [-0.4, -0.2) is 46.7 Å². The van der Waals surface area contributed by atoms with Gasteiger partial charge in [-0.1, -0.05) is 13.0 Å². The summed E-state index contributed by atoms with van der Waals surface area (Å²) >= 11 is 0. The van der Waals surface area contributed by atoms with Crippen molar-refractivity contribution in [3.8, 4) is 5.75 Å². The highest BCUT2D eigenvalue weighted by Crippen LogP contribution is 2.55. The fraction of sp³-hybridized carbons (Fsp3) is 0.381. The molecule has 0 spiro atoms. The second-order valence-corrected chi connectivity index (χ2v) is 7.77. The molecule has 13 heteroatoms. The van der Waals surface area contributed by atoms with E-state index in [2.05, 4.69) is 9.73 Å². The van der Waals surface area contributed by atoms with Crippen molar-refractivity contribution in [3.05, 3.63) is 58.7 Å². The molecule has 3 rings (SSSR count). The van der Waals surface area contributed by atoms with E-state index in [1.54, 1.807) is 0 Å². The molecule has 0 radical (unpaired) electrons. The summed E-state index contributed by atoms with van der Waals surface area (Å²) in [6.45, 7) is 1.68. The third kappa shape index (κ3) is 4.11. The van der Waals surface area contributed by atoms with E-state index in [4.69, 9.17) is 14.6 Å². The number of rotatable bonds is 4. The van der Waals surface area contributed by atoms with Gasteiger partial charge in [-0.05, 0) is 25.1 Å². The van der Waals surface area contributed by atoms with Gasteiger partial charge >= 0.3 is 6.18 Å². The van der Waals surface area contributed by atoms with Crippen LogP contribution in [0, 0.1) is 17.6 Å². The van der Waals surface area contributed by atoms with Crippen molar-refractivity contribution in [2.75, 3.05) is 7.04 Å². The summed E-state index contributed by atoms with van der Waals surface area (Å²) < 4.78 is 103. The molecule has 0 unspecified atom stereocenters. The van der Waals surface area contributed by atoms with Crippen LogP contribution in [0.4, 0.5) is 22.0 Å². The topological polar surface area (TPSA) is 116 Å². The average Bonchev–Trinajstić information content (AvgIpc) is 3.04. The lowest BCUT2D eigenvalue weighted by molar-refractivity contribution is -0.272. The predicted octanol–water partition coefficient (Wildman–Crippen LogP) is 2.68. The highest BCUT2D eigenvalue weighted by molar-refractivity contribution is 5.91. The van der Waals surface area contributed by atoms with Crippen LogP contribution in [0.2, 0.25) is 0 Å². The van der Waals surface area contributed by atoms with Crippen LogP contribution in [0.5, 0.6) is 5.75 Å². The van der Waals surface area contributed by atoms with Crippen LogP contribution in [0.15, 0.2) is 35.5 Å². The van der Waals surface area contributed by atoms with Crippen LogP contribution in [0.25, 0.3) is 0 Å². The number of pyridine rings is 1. The number of hydrogen-bond acceptors (Lipinski definition) is 5. The van der Waals surface area contributed by atoms with Gasteiger partial charge in [0.1, 0.15) is 11.8 Å². The maximum atomic E-state index is 14.6. The minimum atomic E-state index is -5.06. The Morgan fingerprint density at radius 1 is 1.32 bits per heavy atom. The molecular weight excluding hydrogens is 469 g/mol. The third-order valence-corrected chi connectivity index (χ3v) is 5.86. The smallest absolute Gasteiger partial charge is 0.417 e. The second-order valence-electron chi connectivity index (χ2n) is 7.77. The van der Waals surface area contributed by atoms with Crippen molar-refractivity contribution in [3.63, 3.8) is 0 Å². The van der Waals surface area contributed by atoms with Crippen LogP contribution in [-0.2, 0) is 9.53 Å². The molecule has 0 bridgehead atoms. The molecule has 1 aliphatic heterocycles. The minimum Gasteiger partial charge on any atom is -0.493 e. The van der Waals surface area contributed by atoms with E-state index in [9.17, 15) is 36.7 Å². The van der Waals surface area contributed by atoms with E-state index in [-0.39, 0.29) is 5.36 Å². The quantitative estimate of drug-likeness (QED) is 0.503. The summed E-state index contributed by atoms with van der Waals surface area (Å²) in [5, 5.41) is 9.32. The minimum absolute atomic E-state index is 0.302. The first-order valence-corrected chi connectivity index (χ1v) is 9.59. The van der Waals surface area contributed by atoms with E-state index in [0.717, 1.165) is 31.3 Å². The summed E-state index contributed by atoms with van der Waals surface area (Å²) in [5.74, 6) is -10.3. The number of primary amides is 1. The normalized spacial score (nSPS) is 27.1. The van der Waals surface area contributed by atoms with Gasteiger partial charge in [0.05, 0.1) is 16.5 Å². The Morgan fingerprint density at radius 3 is 2.59 bits per heavy atom. The zero-order valence-electron chi connectivity index (χ0n) is 20.6. The van der Waals surface area contributed by atoms with Gasteiger partial charge in [-0.2, -0.15) is 22.3 Å².